The summed E-state index contributed by atoms with van der Waals surface area (Å²) >= 11 is 0. The number of ether oxygens (including phenoxy) is 1. The van der Waals surface area contributed by atoms with Gasteiger partial charge >= 0.3 is 21.7 Å². The van der Waals surface area contributed by atoms with Crippen LogP contribution in [-0.4, -0.2) is 88.2 Å². The van der Waals surface area contributed by atoms with Gasteiger partial charge in [-0.2, -0.15) is 21.6 Å². The van der Waals surface area contributed by atoms with Crippen molar-refractivity contribution in [1.29, 1.82) is 0 Å². The van der Waals surface area contributed by atoms with Crippen molar-refractivity contribution in [1.82, 2.24) is 9.80 Å². The molecule has 9 nitrogen and oxygen atoms in total. The maximum Gasteiger partial charge on any atom is 0.534 e. The van der Waals surface area contributed by atoms with Crippen LogP contribution in [0.4, 0.5) is 18.0 Å². The minimum absolute atomic E-state index is 0.0571. The molecule has 49 heavy (non-hydrogen) atoms. The number of nitrogens with zero attached hydrogens (tertiary/aromatic N) is 2. The fourth-order valence-electron chi connectivity index (χ4n) is 6.76. The van der Waals surface area contributed by atoms with Crippen LogP contribution in [-0.2, 0) is 25.9 Å². The normalized spacial score (nSPS) is 18.9. The van der Waals surface area contributed by atoms with E-state index in [4.69, 9.17) is 9.16 Å². The van der Waals surface area contributed by atoms with Crippen molar-refractivity contribution in [3.63, 3.8) is 0 Å². The highest BCUT2D eigenvalue weighted by molar-refractivity contribution is 7.88. The fourth-order valence-corrected chi connectivity index (χ4v) is 12.8. The number of amides is 1. The number of carbonyl (C=O) groups is 1. The van der Waals surface area contributed by atoms with E-state index < -0.39 is 53.9 Å². The first kappa shape index (κ1) is 42.5. The number of piperidine rings is 1. The first-order valence-electron chi connectivity index (χ1n) is 17.0. The SMILES string of the molecule is CC(C)[Si](OC1CN(C(=O)OCc2ccccc2)CC(O)C1c1ccc(OS(=O)(=O)C(F)(F)F)cc1)(C(C)C)C(C)C.CCN(CC)CC. The van der Waals surface area contributed by atoms with E-state index in [1.165, 1.54) is 36.7 Å². The molecule has 1 amide bonds. The van der Waals surface area contributed by atoms with Gasteiger partial charge in [0.2, 0.25) is 8.32 Å². The zero-order valence-corrected chi connectivity index (χ0v) is 32.1. The second kappa shape index (κ2) is 18.5. The van der Waals surface area contributed by atoms with E-state index in [0.717, 1.165) is 17.7 Å². The van der Waals surface area contributed by atoms with E-state index in [1.807, 2.05) is 30.3 Å². The van der Waals surface area contributed by atoms with Crippen LogP contribution >= 0.6 is 0 Å². The Labute approximate surface area is 292 Å². The van der Waals surface area contributed by atoms with Crippen molar-refractivity contribution < 1.29 is 44.8 Å². The number of hydrogen-bond acceptors (Lipinski definition) is 8. The van der Waals surface area contributed by atoms with E-state index in [9.17, 15) is 31.5 Å². The Kier molecular flexibility index (Phi) is 16.1. The van der Waals surface area contributed by atoms with Gasteiger partial charge in [0.05, 0.1) is 18.8 Å². The van der Waals surface area contributed by atoms with Gasteiger partial charge in [-0.05, 0) is 59.5 Å². The van der Waals surface area contributed by atoms with Gasteiger partial charge in [-0.1, -0.05) is 105 Å². The Morgan fingerprint density at radius 3 is 1.84 bits per heavy atom. The number of β-amino-alcohol motifs (C(OH)–C–C–N with tert-alkyl or cyclic N) is 1. The summed E-state index contributed by atoms with van der Waals surface area (Å²) in [6.45, 7) is 22.9. The van der Waals surface area contributed by atoms with Crippen LogP contribution in [0.3, 0.4) is 0 Å². The Hall–Kier alpha value is -2.65. The van der Waals surface area contributed by atoms with Crippen molar-refractivity contribution in [3.8, 4) is 5.75 Å². The molecule has 14 heteroatoms. The van der Waals surface area contributed by atoms with E-state index >= 15 is 0 Å². The molecular weight excluding hydrogens is 678 g/mol. The molecule has 3 unspecified atom stereocenters. The minimum Gasteiger partial charge on any atom is -0.445 e. The first-order chi connectivity index (χ1) is 22.8. The molecule has 2 aromatic carbocycles. The van der Waals surface area contributed by atoms with Crippen LogP contribution in [0, 0.1) is 0 Å². The van der Waals surface area contributed by atoms with Gasteiger partial charge in [0.15, 0.2) is 0 Å². The molecule has 0 aromatic heterocycles. The molecule has 1 saturated heterocycles. The monoisotopic (exact) mass is 732 g/mol. The quantitative estimate of drug-likeness (QED) is 0.126. The van der Waals surface area contributed by atoms with Crippen molar-refractivity contribution in [3.05, 3.63) is 65.7 Å². The molecule has 1 aliphatic heterocycles. The molecule has 1 fully saturated rings. The van der Waals surface area contributed by atoms with E-state index in [0.29, 0.717) is 5.56 Å². The molecule has 1 heterocycles. The number of alkyl halides is 3. The summed E-state index contributed by atoms with van der Waals surface area (Å²) in [5.41, 5.74) is -3.66. The Bertz CT molecular complexity index is 1360. The number of carbonyl (C=O) groups excluding carboxylic acids is 1. The summed E-state index contributed by atoms with van der Waals surface area (Å²) in [7, 11) is -8.37. The standard InChI is InChI=1S/C29H40F3NO7SSi.C6H15N/c1-19(2)42(20(3)4,21(5)6)40-26-17-33(28(35)38-18-22-10-8-7-9-11-22)16-25(34)27(26)23-12-14-24(15-13-23)39-41(36,37)29(30,31)32;1-4-7(5-2)6-3/h7-15,19-21,25-27,34H,16-18H2,1-6H3;4-6H2,1-3H3. The van der Waals surface area contributed by atoms with Gasteiger partial charge in [0.1, 0.15) is 12.4 Å². The molecule has 0 aliphatic carbocycles. The Morgan fingerprint density at radius 2 is 1.41 bits per heavy atom. The number of benzene rings is 2. The number of hydrogen-bond donors (Lipinski definition) is 1. The predicted molar refractivity (Wildman–Crippen MR) is 188 cm³/mol. The summed E-state index contributed by atoms with van der Waals surface area (Å²) in [6.07, 6.45) is -2.36. The highest BCUT2D eigenvalue weighted by Crippen LogP contribution is 2.46. The third-order valence-corrected chi connectivity index (χ3v) is 16.3. The lowest BCUT2D eigenvalue weighted by atomic mass is 9.85. The number of aliphatic hydroxyl groups excluding tert-OH is 1. The average molecular weight is 733 g/mol. The van der Waals surface area contributed by atoms with Crippen LogP contribution in [0.2, 0.25) is 16.6 Å². The molecule has 2 aromatic rings. The molecule has 3 rings (SSSR count). The molecule has 0 bridgehead atoms. The molecule has 1 aliphatic rings. The van der Waals surface area contributed by atoms with Crippen LogP contribution in [0.5, 0.6) is 5.75 Å². The number of aliphatic hydroxyl groups is 1. The van der Waals surface area contributed by atoms with Gasteiger partial charge in [0, 0.05) is 12.5 Å². The highest BCUT2D eigenvalue weighted by atomic mass is 32.2. The summed E-state index contributed by atoms with van der Waals surface area (Å²) in [5.74, 6) is -1.17. The summed E-state index contributed by atoms with van der Waals surface area (Å²) in [5, 5.41) is 11.4. The Morgan fingerprint density at radius 1 is 0.898 bits per heavy atom. The van der Waals surface area contributed by atoms with Crippen LogP contribution in [0.25, 0.3) is 0 Å². The second-order valence-corrected chi connectivity index (χ2v) is 20.1. The van der Waals surface area contributed by atoms with Crippen LogP contribution in [0.1, 0.15) is 79.4 Å². The number of rotatable bonds is 13. The molecule has 0 saturated carbocycles. The fraction of sp³-hybridized carbons (Fsp3) is 0.629. The van der Waals surface area contributed by atoms with Crippen molar-refractivity contribution in [2.75, 3.05) is 32.7 Å². The largest absolute Gasteiger partial charge is 0.534 e. The predicted octanol–water partition coefficient (Wildman–Crippen LogP) is 7.92. The molecule has 1 N–H and O–H groups in total. The zero-order chi connectivity index (χ0) is 37.2. The zero-order valence-electron chi connectivity index (χ0n) is 30.2. The maximum absolute atomic E-state index is 13.1. The molecule has 3 atom stereocenters. The first-order valence-corrected chi connectivity index (χ1v) is 20.5. The third-order valence-electron chi connectivity index (χ3n) is 9.24. The molecule has 0 spiro atoms. The topological polar surface area (TPSA) is 106 Å². The molecule has 0 radical (unpaired) electrons. The van der Waals surface area contributed by atoms with E-state index in [2.05, 4.69) is 71.4 Å². The molecular formula is C35H55F3N2O7SSi. The van der Waals surface area contributed by atoms with Gasteiger partial charge in [-0.3, -0.25) is 0 Å². The summed E-state index contributed by atoms with van der Waals surface area (Å²) < 4.78 is 78.1. The average Bonchev–Trinajstić information content (AvgIpc) is 3.03. The number of likely N-dealkylation sites (tertiary alicyclic amines) is 1. The van der Waals surface area contributed by atoms with Crippen molar-refractivity contribution in [2.24, 2.45) is 0 Å². The number of halogens is 3. The van der Waals surface area contributed by atoms with Gasteiger partial charge in [-0.25, -0.2) is 4.79 Å². The maximum atomic E-state index is 13.1. The van der Waals surface area contributed by atoms with Gasteiger partial charge < -0.3 is 28.3 Å². The van der Waals surface area contributed by atoms with Gasteiger partial charge in [-0.15, -0.1) is 0 Å². The highest BCUT2D eigenvalue weighted by Gasteiger charge is 2.51. The van der Waals surface area contributed by atoms with Crippen molar-refractivity contribution in [2.45, 2.75) is 109 Å². The van der Waals surface area contributed by atoms with E-state index in [-0.39, 0.29) is 36.3 Å². The minimum atomic E-state index is -5.83. The lowest BCUT2D eigenvalue weighted by Gasteiger charge is -2.49. The lowest BCUT2D eigenvalue weighted by molar-refractivity contribution is -0.0500. The van der Waals surface area contributed by atoms with Crippen LogP contribution < -0.4 is 4.18 Å². The van der Waals surface area contributed by atoms with Crippen LogP contribution in [0.15, 0.2) is 54.6 Å². The Balaban J connectivity index is 0.00000107. The second-order valence-electron chi connectivity index (χ2n) is 13.2. The summed E-state index contributed by atoms with van der Waals surface area (Å²) in [4.78, 5) is 16.9. The molecule has 278 valence electrons. The van der Waals surface area contributed by atoms with Gasteiger partial charge in [0.25, 0.3) is 0 Å². The van der Waals surface area contributed by atoms with E-state index in [1.54, 1.807) is 0 Å². The summed E-state index contributed by atoms with van der Waals surface area (Å²) in [6, 6.07) is 14.3. The third kappa shape index (κ3) is 11.2. The van der Waals surface area contributed by atoms with Crippen molar-refractivity contribution >= 4 is 24.5 Å². The lowest BCUT2D eigenvalue weighted by Crippen LogP contribution is -2.59. The smallest absolute Gasteiger partial charge is 0.445 e.